The van der Waals surface area contributed by atoms with Crippen molar-refractivity contribution in [2.24, 2.45) is 0 Å². The molecule has 1 fully saturated rings. The molecule has 1 aliphatic heterocycles. The fraction of sp³-hybridized carbons (Fsp3) is 0.500. The molecule has 0 unspecified atom stereocenters. The van der Waals surface area contributed by atoms with E-state index in [1.807, 2.05) is 26.0 Å². The van der Waals surface area contributed by atoms with E-state index in [1.165, 1.54) is 0 Å². The second-order valence-corrected chi connectivity index (χ2v) is 4.15. The monoisotopic (exact) mass is 208 g/mol. The van der Waals surface area contributed by atoms with E-state index >= 15 is 0 Å². The molecule has 0 radical (unpaired) electrons. The Morgan fingerprint density at radius 1 is 1.20 bits per heavy atom. The highest BCUT2D eigenvalue weighted by Gasteiger charge is 2.15. The minimum absolute atomic E-state index is 0.0671. The third-order valence-corrected chi connectivity index (χ3v) is 2.84. The van der Waals surface area contributed by atoms with Gasteiger partial charge in [0.05, 0.1) is 5.69 Å². The molecule has 0 spiro atoms. The molecule has 2 rings (SSSR count). The van der Waals surface area contributed by atoms with Gasteiger partial charge in [-0.15, -0.1) is 0 Å². The molecule has 1 aliphatic rings. The average Bonchev–Trinajstić information content (AvgIpc) is 2.24. The lowest BCUT2D eigenvalue weighted by Crippen LogP contribution is -2.44. The minimum Gasteiger partial charge on any atom is -0.367 e. The topological polar surface area (TPSA) is 15.3 Å². The molecule has 15 heavy (non-hydrogen) atoms. The van der Waals surface area contributed by atoms with E-state index in [0.29, 0.717) is 0 Å². The quantitative estimate of drug-likeness (QED) is 0.757. The van der Waals surface area contributed by atoms with Crippen LogP contribution >= 0.6 is 0 Å². The lowest BCUT2D eigenvalue weighted by Gasteiger charge is -2.30. The van der Waals surface area contributed by atoms with Gasteiger partial charge in [0.1, 0.15) is 5.82 Å². The Labute approximate surface area is 90.1 Å². The molecule has 1 heterocycles. The van der Waals surface area contributed by atoms with Gasteiger partial charge in [-0.3, -0.25) is 0 Å². The fourth-order valence-corrected chi connectivity index (χ4v) is 2.06. The molecule has 2 nitrogen and oxygen atoms in total. The third-order valence-electron chi connectivity index (χ3n) is 2.84. The molecule has 0 aromatic heterocycles. The van der Waals surface area contributed by atoms with Gasteiger partial charge in [0, 0.05) is 26.2 Å². The average molecular weight is 208 g/mol. The highest BCUT2D eigenvalue weighted by molar-refractivity contribution is 5.52. The van der Waals surface area contributed by atoms with Crippen LogP contribution in [-0.4, -0.2) is 26.2 Å². The van der Waals surface area contributed by atoms with Crippen molar-refractivity contribution >= 4 is 5.69 Å². The van der Waals surface area contributed by atoms with Crippen LogP contribution in [0.2, 0.25) is 0 Å². The summed E-state index contributed by atoms with van der Waals surface area (Å²) in [7, 11) is 0. The summed E-state index contributed by atoms with van der Waals surface area (Å²) in [6.07, 6.45) is 0. The van der Waals surface area contributed by atoms with Crippen molar-refractivity contribution in [1.82, 2.24) is 5.32 Å². The van der Waals surface area contributed by atoms with Gasteiger partial charge in [-0.25, -0.2) is 4.39 Å². The Hall–Kier alpha value is -1.09. The van der Waals surface area contributed by atoms with Crippen molar-refractivity contribution < 1.29 is 4.39 Å². The number of hydrogen-bond acceptors (Lipinski definition) is 2. The van der Waals surface area contributed by atoms with E-state index in [2.05, 4.69) is 10.2 Å². The van der Waals surface area contributed by atoms with Crippen LogP contribution in [0.4, 0.5) is 10.1 Å². The largest absolute Gasteiger partial charge is 0.367 e. The lowest BCUT2D eigenvalue weighted by atomic mass is 10.1. The second-order valence-electron chi connectivity index (χ2n) is 4.15. The van der Waals surface area contributed by atoms with Crippen molar-refractivity contribution in [3.05, 3.63) is 29.1 Å². The van der Waals surface area contributed by atoms with Crippen molar-refractivity contribution in [3.8, 4) is 0 Å². The minimum atomic E-state index is -0.0671. The molecule has 1 saturated heterocycles. The van der Waals surface area contributed by atoms with E-state index in [1.54, 1.807) is 0 Å². The molecular weight excluding hydrogens is 191 g/mol. The van der Waals surface area contributed by atoms with E-state index in [9.17, 15) is 4.39 Å². The van der Waals surface area contributed by atoms with Crippen molar-refractivity contribution in [3.63, 3.8) is 0 Å². The Morgan fingerprint density at radius 3 is 2.53 bits per heavy atom. The normalized spacial score (nSPS) is 16.9. The smallest absolute Gasteiger partial charge is 0.149 e. The van der Waals surface area contributed by atoms with Gasteiger partial charge in [0.25, 0.3) is 0 Å². The van der Waals surface area contributed by atoms with Crippen LogP contribution in [-0.2, 0) is 0 Å². The van der Waals surface area contributed by atoms with E-state index in [-0.39, 0.29) is 5.82 Å². The van der Waals surface area contributed by atoms with Crippen LogP contribution in [0.15, 0.2) is 12.1 Å². The zero-order chi connectivity index (χ0) is 10.8. The summed E-state index contributed by atoms with van der Waals surface area (Å²) < 4.78 is 13.9. The lowest BCUT2D eigenvalue weighted by molar-refractivity contribution is 0.563. The summed E-state index contributed by atoms with van der Waals surface area (Å²) in [5.41, 5.74) is 2.62. The highest BCUT2D eigenvalue weighted by Crippen LogP contribution is 2.24. The zero-order valence-electron chi connectivity index (χ0n) is 9.31. The highest BCUT2D eigenvalue weighted by atomic mass is 19.1. The maximum atomic E-state index is 13.9. The Kier molecular flexibility index (Phi) is 2.91. The number of piperazine rings is 1. The third kappa shape index (κ3) is 2.12. The van der Waals surface area contributed by atoms with Gasteiger partial charge in [-0.1, -0.05) is 6.07 Å². The number of nitrogens with one attached hydrogen (secondary N) is 1. The van der Waals surface area contributed by atoms with Crippen LogP contribution in [0.1, 0.15) is 11.1 Å². The van der Waals surface area contributed by atoms with Gasteiger partial charge >= 0.3 is 0 Å². The molecule has 0 amide bonds. The fourth-order valence-electron chi connectivity index (χ4n) is 2.06. The number of hydrogen-bond donors (Lipinski definition) is 1. The summed E-state index contributed by atoms with van der Waals surface area (Å²) in [5, 5.41) is 3.27. The number of aryl methyl sites for hydroxylation is 2. The predicted octanol–water partition coefficient (Wildman–Crippen LogP) is 1.85. The van der Waals surface area contributed by atoms with Crippen molar-refractivity contribution in [2.75, 3.05) is 31.1 Å². The first-order valence-electron chi connectivity index (χ1n) is 5.41. The molecule has 1 N–H and O–H groups in total. The Balaban J connectivity index is 2.33. The van der Waals surface area contributed by atoms with Gasteiger partial charge in [-0.2, -0.15) is 0 Å². The van der Waals surface area contributed by atoms with Crippen LogP contribution < -0.4 is 10.2 Å². The van der Waals surface area contributed by atoms with Gasteiger partial charge in [-0.05, 0) is 31.0 Å². The summed E-state index contributed by atoms with van der Waals surface area (Å²) in [6.45, 7) is 7.49. The van der Waals surface area contributed by atoms with E-state index < -0.39 is 0 Å². The van der Waals surface area contributed by atoms with Gasteiger partial charge < -0.3 is 10.2 Å². The number of halogens is 1. The standard InChI is InChI=1S/C12H17FN2/c1-9-7-10(2)12(13)11(8-9)15-5-3-14-4-6-15/h7-8,14H,3-6H2,1-2H3. The summed E-state index contributed by atoms with van der Waals surface area (Å²) in [4.78, 5) is 2.12. The Bertz CT molecular complexity index is 357. The molecule has 0 aliphatic carbocycles. The summed E-state index contributed by atoms with van der Waals surface area (Å²) >= 11 is 0. The molecule has 3 heteroatoms. The van der Waals surface area contributed by atoms with Gasteiger partial charge in [0.15, 0.2) is 0 Å². The maximum Gasteiger partial charge on any atom is 0.149 e. The van der Waals surface area contributed by atoms with Crippen LogP contribution in [0, 0.1) is 19.7 Å². The first-order chi connectivity index (χ1) is 7.18. The van der Waals surface area contributed by atoms with Crippen molar-refractivity contribution in [1.29, 1.82) is 0 Å². The summed E-state index contributed by atoms with van der Waals surface area (Å²) in [6, 6.07) is 3.83. The van der Waals surface area contributed by atoms with E-state index in [4.69, 9.17) is 0 Å². The molecular formula is C12H17FN2. The SMILES string of the molecule is Cc1cc(C)c(F)c(N2CCNCC2)c1. The number of nitrogens with zero attached hydrogens (tertiary/aromatic N) is 1. The summed E-state index contributed by atoms with van der Waals surface area (Å²) in [5.74, 6) is -0.0671. The first-order valence-corrected chi connectivity index (χ1v) is 5.41. The van der Waals surface area contributed by atoms with Crippen LogP contribution in [0.3, 0.4) is 0 Å². The molecule has 0 atom stereocenters. The van der Waals surface area contributed by atoms with E-state index in [0.717, 1.165) is 43.0 Å². The first kappa shape index (κ1) is 10.4. The molecule has 82 valence electrons. The number of benzene rings is 1. The number of rotatable bonds is 1. The molecule has 1 aromatic rings. The predicted molar refractivity (Wildman–Crippen MR) is 61.0 cm³/mol. The van der Waals surface area contributed by atoms with Crippen molar-refractivity contribution in [2.45, 2.75) is 13.8 Å². The van der Waals surface area contributed by atoms with Crippen LogP contribution in [0.5, 0.6) is 0 Å². The van der Waals surface area contributed by atoms with Gasteiger partial charge in [0.2, 0.25) is 0 Å². The second kappa shape index (κ2) is 4.19. The zero-order valence-corrected chi connectivity index (χ0v) is 9.31. The van der Waals surface area contributed by atoms with Crippen LogP contribution in [0.25, 0.3) is 0 Å². The number of anilines is 1. The maximum absolute atomic E-state index is 13.9. The molecule has 1 aromatic carbocycles. The molecule has 0 bridgehead atoms. The Morgan fingerprint density at radius 2 is 1.87 bits per heavy atom. The molecule has 0 saturated carbocycles.